The second kappa shape index (κ2) is 7.90. The molecule has 0 atom stereocenters. The van der Waals surface area contributed by atoms with Crippen LogP contribution in [0.15, 0.2) is 48.6 Å². The molecule has 0 spiro atoms. The Balaban J connectivity index is 2.57. The van der Waals surface area contributed by atoms with Crippen molar-refractivity contribution >= 4 is 11.5 Å². The van der Waals surface area contributed by atoms with E-state index in [0.717, 1.165) is 16.7 Å². The Morgan fingerprint density at radius 1 is 1.00 bits per heavy atom. The molecule has 0 amide bonds. The third kappa shape index (κ3) is 3.77. The van der Waals surface area contributed by atoms with E-state index in [4.69, 9.17) is 9.47 Å². The summed E-state index contributed by atoms with van der Waals surface area (Å²) in [5, 5.41) is 19.5. The molecule has 0 aromatic heterocycles. The van der Waals surface area contributed by atoms with E-state index in [9.17, 15) is 15.0 Å². The number of phenols is 2. The Morgan fingerprint density at radius 3 is 1.92 bits per heavy atom. The molecule has 5 heteroatoms. The van der Waals surface area contributed by atoms with Gasteiger partial charge in [0, 0.05) is 6.08 Å². The highest BCUT2D eigenvalue weighted by Crippen LogP contribution is 2.35. The molecule has 0 fully saturated rings. The lowest BCUT2D eigenvalue weighted by Gasteiger charge is -2.13. The summed E-state index contributed by atoms with van der Waals surface area (Å²) < 4.78 is 10.3. The van der Waals surface area contributed by atoms with Crippen molar-refractivity contribution in [1.82, 2.24) is 0 Å². The van der Waals surface area contributed by atoms with Crippen LogP contribution in [0.2, 0.25) is 0 Å². The molecule has 0 radical (unpaired) electrons. The highest BCUT2D eigenvalue weighted by atomic mass is 16.5. The smallest absolute Gasteiger partial charge is 0.161 e. The van der Waals surface area contributed by atoms with Crippen LogP contribution < -0.4 is 9.47 Å². The van der Waals surface area contributed by atoms with Crippen LogP contribution in [0.4, 0.5) is 0 Å². The van der Waals surface area contributed by atoms with Gasteiger partial charge in [0.15, 0.2) is 23.0 Å². The quantitative estimate of drug-likeness (QED) is 0.796. The Bertz CT molecular complexity index is 746. The first kappa shape index (κ1) is 17.2. The topological polar surface area (TPSA) is 76.0 Å². The molecule has 0 saturated heterocycles. The highest BCUT2D eigenvalue weighted by molar-refractivity contribution is 5.82. The summed E-state index contributed by atoms with van der Waals surface area (Å²) in [4.78, 5) is 10.4. The van der Waals surface area contributed by atoms with Crippen molar-refractivity contribution in [1.29, 1.82) is 0 Å². The van der Waals surface area contributed by atoms with E-state index >= 15 is 0 Å². The van der Waals surface area contributed by atoms with Crippen molar-refractivity contribution < 1.29 is 24.5 Å². The minimum atomic E-state index is 0.0386. The predicted molar refractivity (Wildman–Crippen MR) is 91.3 cm³/mol. The van der Waals surface area contributed by atoms with Gasteiger partial charge in [0.1, 0.15) is 5.94 Å². The molecule has 2 aromatic carbocycles. The minimum Gasteiger partial charge on any atom is -0.504 e. The first-order valence-corrected chi connectivity index (χ1v) is 7.25. The van der Waals surface area contributed by atoms with Gasteiger partial charge in [-0.2, -0.15) is 0 Å². The van der Waals surface area contributed by atoms with Gasteiger partial charge in [0.05, 0.1) is 14.2 Å². The Kier molecular flexibility index (Phi) is 5.66. The fourth-order valence-corrected chi connectivity index (χ4v) is 2.32. The van der Waals surface area contributed by atoms with Crippen LogP contribution in [0.3, 0.4) is 0 Å². The molecule has 2 rings (SSSR count). The lowest BCUT2D eigenvalue weighted by atomic mass is 9.96. The Morgan fingerprint density at radius 2 is 1.50 bits per heavy atom. The van der Waals surface area contributed by atoms with Gasteiger partial charge in [0.25, 0.3) is 0 Å². The monoisotopic (exact) mass is 326 g/mol. The zero-order valence-corrected chi connectivity index (χ0v) is 13.4. The normalized spacial score (nSPS) is 9.75. The fourth-order valence-electron chi connectivity index (χ4n) is 2.32. The average Bonchev–Trinajstić information content (AvgIpc) is 2.60. The number of methoxy groups -OCH3 is 2. The molecule has 124 valence electrons. The summed E-state index contributed by atoms with van der Waals surface area (Å²) in [5.74, 6) is 2.50. The van der Waals surface area contributed by atoms with Gasteiger partial charge in [-0.1, -0.05) is 18.2 Å². The fraction of sp³-hybridized carbons (Fsp3) is 0.158. The molecule has 2 N–H and O–H groups in total. The van der Waals surface area contributed by atoms with Crippen LogP contribution in [-0.2, 0) is 4.79 Å². The number of phenolic OH excluding ortho intramolecular Hbond substituents is 2. The van der Waals surface area contributed by atoms with Gasteiger partial charge in [-0.15, -0.1) is 0 Å². The van der Waals surface area contributed by atoms with Crippen LogP contribution in [0.25, 0.3) is 5.57 Å². The maximum atomic E-state index is 10.4. The van der Waals surface area contributed by atoms with Gasteiger partial charge in [-0.25, -0.2) is 4.79 Å². The number of benzene rings is 2. The molecule has 2 aromatic rings. The second-order valence-corrected chi connectivity index (χ2v) is 4.95. The number of hydrogen-bond acceptors (Lipinski definition) is 5. The van der Waals surface area contributed by atoms with E-state index in [1.165, 1.54) is 32.4 Å². The summed E-state index contributed by atoms with van der Waals surface area (Å²) in [6.45, 7) is 0. The average molecular weight is 326 g/mol. The molecular formula is C19H18O5. The lowest BCUT2D eigenvalue weighted by Crippen LogP contribution is -1.92. The van der Waals surface area contributed by atoms with E-state index in [0.29, 0.717) is 17.9 Å². The molecule has 0 unspecified atom stereocenters. The SMILES string of the molecule is COc1cc(C(=CCC=C=O)c2ccc(O)c(OC)c2)ccc1O. The van der Waals surface area contributed by atoms with E-state index in [1.54, 1.807) is 30.2 Å². The molecule has 0 heterocycles. The number of ether oxygens (including phenoxy) is 2. The van der Waals surface area contributed by atoms with Crippen molar-refractivity contribution in [2.45, 2.75) is 6.42 Å². The van der Waals surface area contributed by atoms with Gasteiger partial charge in [0.2, 0.25) is 0 Å². The predicted octanol–water partition coefficient (Wildman–Crippen LogP) is 3.32. The van der Waals surface area contributed by atoms with Crippen molar-refractivity contribution in [3.8, 4) is 23.0 Å². The van der Waals surface area contributed by atoms with E-state index in [1.807, 2.05) is 6.08 Å². The first-order chi connectivity index (χ1) is 11.6. The number of rotatable bonds is 6. The molecule has 0 aliphatic rings. The zero-order valence-electron chi connectivity index (χ0n) is 13.4. The van der Waals surface area contributed by atoms with Gasteiger partial charge < -0.3 is 19.7 Å². The molecular weight excluding hydrogens is 308 g/mol. The standard InChI is InChI=1S/C19H18O5/c1-23-18-11-13(6-8-16(18)21)15(5-3-4-10-20)14-7-9-17(22)19(12-14)24-2/h4-9,11-12,21-22H,3H2,1-2H3. The molecule has 5 nitrogen and oxygen atoms in total. The highest BCUT2D eigenvalue weighted by Gasteiger charge is 2.11. The number of aromatic hydroxyl groups is 2. The van der Waals surface area contributed by atoms with Crippen molar-refractivity contribution in [3.05, 3.63) is 59.7 Å². The van der Waals surface area contributed by atoms with Crippen molar-refractivity contribution in [2.75, 3.05) is 14.2 Å². The Labute approximate surface area is 140 Å². The maximum absolute atomic E-state index is 10.4. The van der Waals surface area contributed by atoms with Crippen LogP contribution in [0, 0.1) is 0 Å². The largest absolute Gasteiger partial charge is 0.504 e. The summed E-state index contributed by atoms with van der Waals surface area (Å²) in [7, 11) is 2.95. The van der Waals surface area contributed by atoms with Crippen molar-refractivity contribution in [3.63, 3.8) is 0 Å². The van der Waals surface area contributed by atoms with Gasteiger partial charge in [-0.05, 0) is 47.4 Å². The molecule has 0 aliphatic heterocycles. The third-order valence-electron chi connectivity index (χ3n) is 3.50. The van der Waals surface area contributed by atoms with Crippen LogP contribution in [0.5, 0.6) is 23.0 Å². The summed E-state index contributed by atoms with van der Waals surface area (Å²) in [6.07, 6.45) is 3.61. The van der Waals surface area contributed by atoms with E-state index < -0.39 is 0 Å². The molecule has 0 bridgehead atoms. The van der Waals surface area contributed by atoms with Gasteiger partial charge >= 0.3 is 0 Å². The summed E-state index contributed by atoms with van der Waals surface area (Å²) >= 11 is 0. The molecule has 0 aliphatic carbocycles. The molecule has 24 heavy (non-hydrogen) atoms. The maximum Gasteiger partial charge on any atom is 0.161 e. The number of allylic oxidation sites excluding steroid dienone is 2. The Hall–Kier alpha value is -3.17. The second-order valence-electron chi connectivity index (χ2n) is 4.95. The number of hydrogen-bond donors (Lipinski definition) is 2. The van der Waals surface area contributed by atoms with Crippen LogP contribution in [-0.4, -0.2) is 30.4 Å². The summed E-state index contributed by atoms with van der Waals surface area (Å²) in [5.41, 5.74) is 2.38. The lowest BCUT2D eigenvalue weighted by molar-refractivity contribution is 0.373. The third-order valence-corrected chi connectivity index (χ3v) is 3.50. The molecule has 0 saturated carbocycles. The van der Waals surface area contributed by atoms with E-state index in [-0.39, 0.29) is 11.5 Å². The van der Waals surface area contributed by atoms with Crippen LogP contribution in [0.1, 0.15) is 17.5 Å². The zero-order chi connectivity index (χ0) is 17.5. The minimum absolute atomic E-state index is 0.0386. The summed E-state index contributed by atoms with van der Waals surface area (Å²) in [6, 6.07) is 9.96. The van der Waals surface area contributed by atoms with Crippen LogP contribution >= 0.6 is 0 Å². The number of carbonyl (C=O) groups excluding carboxylic acids is 1. The van der Waals surface area contributed by atoms with E-state index in [2.05, 4.69) is 0 Å². The van der Waals surface area contributed by atoms with Crippen molar-refractivity contribution in [2.24, 2.45) is 0 Å². The first-order valence-electron chi connectivity index (χ1n) is 7.25. The van der Waals surface area contributed by atoms with Gasteiger partial charge in [-0.3, -0.25) is 0 Å².